The molecule has 4 aromatic rings. The second kappa shape index (κ2) is 10.8. The Morgan fingerprint density at radius 1 is 0.568 bits per heavy atom. The molecule has 6 heteroatoms. The molecule has 0 saturated carbocycles. The summed E-state index contributed by atoms with van der Waals surface area (Å²) in [7, 11) is 0. The monoisotopic (exact) mass is 530 g/mol. The van der Waals surface area contributed by atoms with E-state index in [1.54, 1.807) is 12.1 Å². The maximum atomic E-state index is 13.3. The van der Waals surface area contributed by atoms with Gasteiger partial charge >= 0.3 is 11.9 Å². The van der Waals surface area contributed by atoms with Crippen molar-refractivity contribution in [2.75, 3.05) is 0 Å². The van der Waals surface area contributed by atoms with Crippen LogP contribution in [0, 0.1) is 0 Å². The van der Waals surface area contributed by atoms with Crippen molar-refractivity contribution in [3.05, 3.63) is 129 Å². The van der Waals surface area contributed by atoms with Gasteiger partial charge < -0.3 is 9.47 Å². The summed E-state index contributed by atoms with van der Waals surface area (Å²) in [6.45, 7) is 0.101. The van der Waals surface area contributed by atoms with E-state index in [1.807, 2.05) is 84.9 Å². The highest BCUT2D eigenvalue weighted by atomic mass is 35.5. The lowest BCUT2D eigenvalue weighted by Gasteiger charge is -2.30. The van der Waals surface area contributed by atoms with Gasteiger partial charge in [0.15, 0.2) is 0 Å². The summed E-state index contributed by atoms with van der Waals surface area (Å²) in [5.74, 6) is -0.851. The molecule has 37 heavy (non-hydrogen) atoms. The normalized spacial score (nSPS) is 12.9. The molecule has 0 heterocycles. The van der Waals surface area contributed by atoms with Gasteiger partial charge in [0.2, 0.25) is 0 Å². The van der Waals surface area contributed by atoms with Crippen LogP contribution in [-0.4, -0.2) is 11.9 Å². The third-order valence-corrected chi connectivity index (χ3v) is 7.50. The highest BCUT2D eigenvalue weighted by Gasteiger charge is 2.46. The molecule has 4 aromatic carbocycles. The number of carbonyl (C=O) groups excluding carboxylic acids is 2. The first-order chi connectivity index (χ1) is 18.0. The summed E-state index contributed by atoms with van der Waals surface area (Å²) in [6.07, 6.45) is -0.0423. The molecule has 186 valence electrons. The molecule has 1 aliphatic rings. The van der Waals surface area contributed by atoms with Gasteiger partial charge in [-0.1, -0.05) is 108 Å². The van der Waals surface area contributed by atoms with Gasteiger partial charge in [0.1, 0.15) is 13.2 Å². The fourth-order valence-corrected chi connectivity index (χ4v) is 5.38. The molecule has 0 fully saturated rings. The summed E-state index contributed by atoms with van der Waals surface area (Å²) in [5.41, 5.74) is 4.31. The average Bonchev–Trinajstić information content (AvgIpc) is 3.17. The summed E-state index contributed by atoms with van der Waals surface area (Å²) < 4.78 is 11.3. The van der Waals surface area contributed by atoms with Crippen LogP contribution in [-0.2, 0) is 37.7 Å². The first kappa shape index (κ1) is 25.1. The van der Waals surface area contributed by atoms with Crippen molar-refractivity contribution >= 4 is 35.1 Å². The highest BCUT2D eigenvalue weighted by molar-refractivity contribution is 6.31. The SMILES string of the molecule is O=C(CC1(CC(=O)OCc2ccccc2Cl)c2ccccc2-c2ccccc21)OCc1ccccc1Cl. The van der Waals surface area contributed by atoms with Crippen LogP contribution in [0.3, 0.4) is 0 Å². The highest BCUT2D eigenvalue weighted by Crippen LogP contribution is 2.53. The zero-order valence-corrected chi connectivity index (χ0v) is 21.5. The number of hydrogen-bond acceptors (Lipinski definition) is 4. The number of hydrogen-bond donors (Lipinski definition) is 0. The Kier molecular flexibility index (Phi) is 7.31. The number of fused-ring (bicyclic) bond motifs is 3. The van der Waals surface area contributed by atoms with Crippen molar-refractivity contribution in [2.24, 2.45) is 0 Å². The number of rotatable bonds is 8. The van der Waals surface area contributed by atoms with Gasteiger partial charge in [-0.3, -0.25) is 9.59 Å². The van der Waals surface area contributed by atoms with E-state index in [-0.39, 0.29) is 26.1 Å². The van der Waals surface area contributed by atoms with Crippen molar-refractivity contribution < 1.29 is 19.1 Å². The minimum atomic E-state index is -0.928. The Morgan fingerprint density at radius 2 is 0.946 bits per heavy atom. The minimum Gasteiger partial charge on any atom is -0.461 e. The van der Waals surface area contributed by atoms with Crippen molar-refractivity contribution in [1.82, 2.24) is 0 Å². The molecule has 0 bridgehead atoms. The smallest absolute Gasteiger partial charge is 0.307 e. The lowest BCUT2D eigenvalue weighted by molar-refractivity contribution is -0.149. The molecule has 1 aliphatic carbocycles. The van der Waals surface area contributed by atoms with Gasteiger partial charge in [-0.15, -0.1) is 0 Å². The van der Waals surface area contributed by atoms with Crippen molar-refractivity contribution in [3.8, 4) is 11.1 Å². The first-order valence-electron chi connectivity index (χ1n) is 12.0. The summed E-state index contributed by atoms with van der Waals surface area (Å²) in [4.78, 5) is 26.6. The van der Waals surface area contributed by atoms with Gasteiger partial charge in [-0.25, -0.2) is 0 Å². The Morgan fingerprint density at radius 3 is 1.38 bits per heavy atom. The van der Waals surface area contributed by atoms with Gasteiger partial charge in [0.25, 0.3) is 0 Å². The summed E-state index contributed by atoms with van der Waals surface area (Å²) in [6, 6.07) is 30.2. The van der Waals surface area contributed by atoms with E-state index in [9.17, 15) is 9.59 Å². The largest absolute Gasteiger partial charge is 0.461 e. The van der Waals surface area contributed by atoms with Crippen LogP contribution in [0.5, 0.6) is 0 Å². The maximum absolute atomic E-state index is 13.3. The summed E-state index contributed by atoms with van der Waals surface area (Å²) in [5, 5.41) is 1.06. The Labute approximate surface area is 225 Å². The molecular formula is C31H24Cl2O4. The zero-order chi connectivity index (χ0) is 25.8. The van der Waals surface area contributed by atoms with E-state index in [1.165, 1.54) is 0 Å². The van der Waals surface area contributed by atoms with Crippen LogP contribution in [0.2, 0.25) is 10.0 Å². The molecule has 0 radical (unpaired) electrons. The van der Waals surface area contributed by atoms with Gasteiger partial charge in [0.05, 0.1) is 12.8 Å². The van der Waals surface area contributed by atoms with Crippen LogP contribution in [0.15, 0.2) is 97.1 Å². The molecular weight excluding hydrogens is 507 g/mol. The lowest BCUT2D eigenvalue weighted by atomic mass is 9.73. The topological polar surface area (TPSA) is 52.6 Å². The molecule has 0 unspecified atom stereocenters. The van der Waals surface area contributed by atoms with E-state index in [0.717, 1.165) is 33.4 Å². The molecule has 5 rings (SSSR count). The summed E-state index contributed by atoms with van der Waals surface area (Å²) >= 11 is 12.5. The van der Waals surface area contributed by atoms with Crippen molar-refractivity contribution in [1.29, 1.82) is 0 Å². The van der Waals surface area contributed by atoms with E-state index in [4.69, 9.17) is 32.7 Å². The molecule has 0 N–H and O–H groups in total. The minimum absolute atomic E-state index is 0.0212. The van der Waals surface area contributed by atoms with E-state index >= 15 is 0 Å². The molecule has 0 saturated heterocycles. The van der Waals surface area contributed by atoms with E-state index < -0.39 is 17.4 Å². The van der Waals surface area contributed by atoms with Gasteiger partial charge in [-0.2, -0.15) is 0 Å². The number of halogens is 2. The predicted octanol–water partition coefficient (Wildman–Crippen LogP) is 7.53. The lowest BCUT2D eigenvalue weighted by Crippen LogP contribution is -2.33. The molecule has 0 aliphatic heterocycles. The van der Waals surface area contributed by atoms with Crippen molar-refractivity contribution in [2.45, 2.75) is 31.5 Å². The second-order valence-corrected chi connectivity index (χ2v) is 9.85. The quantitative estimate of drug-likeness (QED) is 0.221. The fraction of sp³-hybridized carbons (Fsp3) is 0.161. The standard InChI is InChI=1S/C31H24Cl2O4/c32-27-15-7-1-9-21(27)19-36-29(34)17-31(18-30(35)37-20-22-10-2-8-16-28(22)33)25-13-5-3-11-23(25)24-12-4-6-14-26(24)31/h1-16H,17-20H2. The van der Waals surface area contributed by atoms with Gasteiger partial charge in [-0.05, 0) is 34.4 Å². The van der Waals surface area contributed by atoms with Crippen molar-refractivity contribution in [3.63, 3.8) is 0 Å². The molecule has 4 nitrogen and oxygen atoms in total. The third kappa shape index (κ3) is 5.13. The number of ether oxygens (including phenoxy) is 2. The van der Waals surface area contributed by atoms with E-state index in [2.05, 4.69) is 0 Å². The van der Waals surface area contributed by atoms with Crippen LogP contribution < -0.4 is 0 Å². The second-order valence-electron chi connectivity index (χ2n) is 9.03. The molecule has 0 aromatic heterocycles. The number of benzene rings is 4. The molecule has 0 atom stereocenters. The molecule has 0 amide bonds. The predicted molar refractivity (Wildman–Crippen MR) is 144 cm³/mol. The number of esters is 2. The van der Waals surface area contributed by atoms with Gasteiger partial charge in [0, 0.05) is 26.6 Å². The number of carbonyl (C=O) groups is 2. The Hall–Kier alpha value is -3.60. The average molecular weight is 531 g/mol. The Balaban J connectivity index is 1.44. The van der Waals surface area contributed by atoms with E-state index in [0.29, 0.717) is 10.0 Å². The fourth-order valence-electron chi connectivity index (χ4n) is 5.00. The Bertz CT molecular complexity index is 1350. The van der Waals surface area contributed by atoms with Crippen LogP contribution in [0.4, 0.5) is 0 Å². The van der Waals surface area contributed by atoms with Crippen LogP contribution >= 0.6 is 23.2 Å². The maximum Gasteiger partial charge on any atom is 0.307 e. The zero-order valence-electron chi connectivity index (χ0n) is 20.0. The first-order valence-corrected chi connectivity index (χ1v) is 12.7. The van der Waals surface area contributed by atoms with Crippen LogP contribution in [0.1, 0.15) is 35.1 Å². The van der Waals surface area contributed by atoms with Crippen LogP contribution in [0.25, 0.3) is 11.1 Å². The third-order valence-electron chi connectivity index (χ3n) is 6.76. The molecule has 0 spiro atoms.